The molecule has 0 aromatic heterocycles. The van der Waals surface area contributed by atoms with Crippen LogP contribution in [0.2, 0.25) is 0 Å². The molecular weight excluding hydrogens is 278 g/mol. The summed E-state index contributed by atoms with van der Waals surface area (Å²) in [6.45, 7) is 2.13. The number of aliphatic imine (C=N–C) groups is 1. The predicted molar refractivity (Wildman–Crippen MR) is 87.0 cm³/mol. The molecule has 2 aromatic carbocycles. The predicted octanol–water partition coefficient (Wildman–Crippen LogP) is 3.74. The van der Waals surface area contributed by atoms with Crippen molar-refractivity contribution >= 4 is 17.9 Å². The highest BCUT2D eigenvalue weighted by Crippen LogP contribution is 2.21. The van der Waals surface area contributed by atoms with Crippen LogP contribution in [0.3, 0.4) is 0 Å². The van der Waals surface area contributed by atoms with Crippen molar-refractivity contribution in [2.75, 3.05) is 13.7 Å². The van der Waals surface area contributed by atoms with E-state index in [0.29, 0.717) is 6.61 Å². The molecular formula is C18H19NO3. The van der Waals surface area contributed by atoms with E-state index in [1.165, 1.54) is 0 Å². The Hall–Kier alpha value is -2.62. The first-order chi connectivity index (χ1) is 10.7. The molecule has 4 heteroatoms. The standard InChI is InChI=1S/C18H19NO3/c1-3-22-18(20)17(14-8-5-4-6-9-14)13-19-15-10-7-11-16(12-15)21-2/h4-13,17H,3H2,1-2H3. The lowest BCUT2D eigenvalue weighted by atomic mass is 10.0. The van der Waals surface area contributed by atoms with Crippen molar-refractivity contribution in [3.05, 3.63) is 60.2 Å². The van der Waals surface area contributed by atoms with Crippen LogP contribution in [-0.4, -0.2) is 25.9 Å². The molecule has 0 radical (unpaired) electrons. The fourth-order valence-electron chi connectivity index (χ4n) is 2.03. The summed E-state index contributed by atoms with van der Waals surface area (Å²) in [5.41, 5.74) is 1.58. The molecule has 0 aliphatic rings. The highest BCUT2D eigenvalue weighted by Gasteiger charge is 2.19. The smallest absolute Gasteiger partial charge is 0.318 e. The Morgan fingerprint density at radius 1 is 1.18 bits per heavy atom. The third-order valence-electron chi connectivity index (χ3n) is 3.13. The normalized spacial score (nSPS) is 12.1. The number of rotatable bonds is 6. The summed E-state index contributed by atoms with van der Waals surface area (Å²) < 4.78 is 10.3. The molecule has 0 aliphatic heterocycles. The Morgan fingerprint density at radius 3 is 2.64 bits per heavy atom. The summed E-state index contributed by atoms with van der Waals surface area (Å²) in [6.07, 6.45) is 1.61. The second-order valence-electron chi connectivity index (χ2n) is 4.62. The van der Waals surface area contributed by atoms with Gasteiger partial charge in [-0.25, -0.2) is 0 Å². The van der Waals surface area contributed by atoms with Crippen LogP contribution in [0.4, 0.5) is 5.69 Å². The first kappa shape index (κ1) is 15.8. The molecule has 2 rings (SSSR count). The topological polar surface area (TPSA) is 47.9 Å². The van der Waals surface area contributed by atoms with E-state index < -0.39 is 5.92 Å². The number of carbonyl (C=O) groups is 1. The molecule has 0 bridgehead atoms. The van der Waals surface area contributed by atoms with Gasteiger partial charge in [0, 0.05) is 12.3 Å². The van der Waals surface area contributed by atoms with Crippen molar-refractivity contribution in [3.63, 3.8) is 0 Å². The number of hydrogen-bond acceptors (Lipinski definition) is 4. The molecule has 1 unspecified atom stereocenters. The van der Waals surface area contributed by atoms with Gasteiger partial charge in [-0.1, -0.05) is 36.4 Å². The van der Waals surface area contributed by atoms with Crippen LogP contribution in [0.1, 0.15) is 18.4 Å². The van der Waals surface area contributed by atoms with Gasteiger partial charge in [-0.15, -0.1) is 0 Å². The van der Waals surface area contributed by atoms with Crippen LogP contribution in [0, 0.1) is 0 Å². The van der Waals surface area contributed by atoms with E-state index in [0.717, 1.165) is 17.0 Å². The van der Waals surface area contributed by atoms with Crippen molar-refractivity contribution in [1.82, 2.24) is 0 Å². The van der Waals surface area contributed by atoms with Gasteiger partial charge in [-0.05, 0) is 24.6 Å². The van der Waals surface area contributed by atoms with Crippen LogP contribution in [0.25, 0.3) is 0 Å². The Morgan fingerprint density at radius 2 is 1.95 bits per heavy atom. The average Bonchev–Trinajstić information content (AvgIpc) is 2.56. The van der Waals surface area contributed by atoms with Crippen LogP contribution in [0.15, 0.2) is 59.6 Å². The summed E-state index contributed by atoms with van der Waals surface area (Å²) >= 11 is 0. The summed E-state index contributed by atoms with van der Waals surface area (Å²) in [6, 6.07) is 16.8. The molecule has 22 heavy (non-hydrogen) atoms. The lowest BCUT2D eigenvalue weighted by Crippen LogP contribution is -2.17. The fraction of sp³-hybridized carbons (Fsp3) is 0.222. The van der Waals surface area contributed by atoms with Crippen molar-refractivity contribution < 1.29 is 14.3 Å². The molecule has 0 spiro atoms. The SMILES string of the molecule is CCOC(=O)C(C=Nc1cccc(OC)c1)c1ccccc1. The van der Waals surface area contributed by atoms with Gasteiger partial charge >= 0.3 is 5.97 Å². The molecule has 0 N–H and O–H groups in total. The van der Waals surface area contributed by atoms with E-state index in [1.54, 1.807) is 20.2 Å². The summed E-state index contributed by atoms with van der Waals surface area (Å²) in [5, 5.41) is 0. The van der Waals surface area contributed by atoms with E-state index >= 15 is 0 Å². The second-order valence-corrected chi connectivity index (χ2v) is 4.62. The molecule has 0 saturated carbocycles. The number of ether oxygens (including phenoxy) is 2. The maximum atomic E-state index is 12.1. The quantitative estimate of drug-likeness (QED) is 0.602. The lowest BCUT2D eigenvalue weighted by Gasteiger charge is -2.11. The van der Waals surface area contributed by atoms with Gasteiger partial charge in [0.15, 0.2) is 0 Å². The zero-order chi connectivity index (χ0) is 15.8. The van der Waals surface area contributed by atoms with Crippen LogP contribution in [0.5, 0.6) is 5.75 Å². The average molecular weight is 297 g/mol. The van der Waals surface area contributed by atoms with Gasteiger partial charge in [0.05, 0.1) is 19.4 Å². The van der Waals surface area contributed by atoms with Gasteiger partial charge < -0.3 is 9.47 Å². The zero-order valence-electron chi connectivity index (χ0n) is 12.7. The largest absolute Gasteiger partial charge is 0.497 e. The molecule has 1 atom stereocenters. The fourth-order valence-corrected chi connectivity index (χ4v) is 2.03. The first-order valence-electron chi connectivity index (χ1n) is 7.14. The van der Waals surface area contributed by atoms with Gasteiger partial charge in [-0.2, -0.15) is 0 Å². The van der Waals surface area contributed by atoms with E-state index in [-0.39, 0.29) is 5.97 Å². The molecule has 0 aliphatic carbocycles. The Bertz CT molecular complexity index is 638. The molecule has 114 valence electrons. The van der Waals surface area contributed by atoms with Gasteiger partial charge in [0.2, 0.25) is 0 Å². The monoisotopic (exact) mass is 297 g/mol. The van der Waals surface area contributed by atoms with Crippen LogP contribution >= 0.6 is 0 Å². The number of esters is 1. The highest BCUT2D eigenvalue weighted by molar-refractivity contribution is 5.96. The minimum atomic E-state index is -0.521. The van der Waals surface area contributed by atoms with E-state index in [2.05, 4.69) is 4.99 Å². The minimum Gasteiger partial charge on any atom is -0.497 e. The molecule has 2 aromatic rings. The third-order valence-corrected chi connectivity index (χ3v) is 3.13. The number of methoxy groups -OCH3 is 1. The van der Waals surface area contributed by atoms with E-state index in [9.17, 15) is 4.79 Å². The molecule has 4 nitrogen and oxygen atoms in total. The van der Waals surface area contributed by atoms with Crippen molar-refractivity contribution in [2.24, 2.45) is 4.99 Å². The number of nitrogens with zero attached hydrogens (tertiary/aromatic N) is 1. The zero-order valence-corrected chi connectivity index (χ0v) is 12.7. The maximum absolute atomic E-state index is 12.1. The van der Waals surface area contributed by atoms with Gasteiger partial charge in [0.25, 0.3) is 0 Å². The summed E-state index contributed by atoms with van der Waals surface area (Å²) in [4.78, 5) is 16.5. The minimum absolute atomic E-state index is 0.305. The molecule has 0 fully saturated rings. The molecule has 0 heterocycles. The number of carbonyl (C=O) groups excluding carboxylic acids is 1. The van der Waals surface area contributed by atoms with Gasteiger partial charge in [0.1, 0.15) is 11.7 Å². The van der Waals surface area contributed by atoms with E-state index in [1.807, 2.05) is 54.6 Å². The number of benzene rings is 2. The Balaban J connectivity index is 2.25. The molecule has 0 amide bonds. The van der Waals surface area contributed by atoms with Crippen molar-refractivity contribution in [1.29, 1.82) is 0 Å². The molecule has 0 saturated heterocycles. The lowest BCUT2D eigenvalue weighted by molar-refractivity contribution is -0.143. The Labute approximate surface area is 130 Å². The summed E-state index contributed by atoms with van der Waals surface area (Å²) in [7, 11) is 1.61. The van der Waals surface area contributed by atoms with Crippen LogP contribution in [-0.2, 0) is 9.53 Å². The maximum Gasteiger partial charge on any atom is 0.318 e. The summed E-state index contributed by atoms with van der Waals surface area (Å²) in [5.74, 6) is -0.102. The third kappa shape index (κ3) is 4.19. The Kier molecular flexibility index (Phi) is 5.72. The highest BCUT2D eigenvalue weighted by atomic mass is 16.5. The second kappa shape index (κ2) is 7.98. The first-order valence-corrected chi connectivity index (χ1v) is 7.14. The van der Waals surface area contributed by atoms with Gasteiger partial charge in [-0.3, -0.25) is 9.79 Å². The van der Waals surface area contributed by atoms with Crippen molar-refractivity contribution in [3.8, 4) is 5.75 Å². The van der Waals surface area contributed by atoms with Crippen molar-refractivity contribution in [2.45, 2.75) is 12.8 Å². The number of hydrogen-bond donors (Lipinski definition) is 0. The van der Waals surface area contributed by atoms with Crippen LogP contribution < -0.4 is 4.74 Å². The van der Waals surface area contributed by atoms with E-state index in [4.69, 9.17) is 9.47 Å².